The zero-order valence-corrected chi connectivity index (χ0v) is 8.93. The van der Waals surface area contributed by atoms with Crippen LogP contribution in [0.4, 0.5) is 0 Å². The standard InChI is InChI=1S/C10H11NO2S/c1-3-8-5-4-6-9(7-11)10(8)14(2,12)13/h4-6H,3H2,1-2H3. The van der Waals surface area contributed by atoms with Gasteiger partial charge in [-0.1, -0.05) is 19.1 Å². The van der Waals surface area contributed by atoms with Crippen molar-refractivity contribution in [2.75, 3.05) is 6.26 Å². The lowest BCUT2D eigenvalue weighted by molar-refractivity contribution is 0.600. The van der Waals surface area contributed by atoms with E-state index in [9.17, 15) is 8.42 Å². The van der Waals surface area contributed by atoms with Gasteiger partial charge in [-0.05, 0) is 18.1 Å². The summed E-state index contributed by atoms with van der Waals surface area (Å²) >= 11 is 0. The fourth-order valence-corrected chi connectivity index (χ4v) is 2.59. The Morgan fingerprint density at radius 3 is 2.50 bits per heavy atom. The highest BCUT2D eigenvalue weighted by Crippen LogP contribution is 2.20. The monoisotopic (exact) mass is 209 g/mol. The van der Waals surface area contributed by atoms with E-state index in [1.165, 1.54) is 6.07 Å². The molecular formula is C10H11NO2S. The van der Waals surface area contributed by atoms with Crippen molar-refractivity contribution in [3.8, 4) is 6.07 Å². The minimum Gasteiger partial charge on any atom is -0.224 e. The largest absolute Gasteiger partial charge is 0.224 e. The number of aryl methyl sites for hydroxylation is 1. The van der Waals surface area contributed by atoms with Gasteiger partial charge in [0.25, 0.3) is 0 Å². The summed E-state index contributed by atoms with van der Waals surface area (Å²) in [5.74, 6) is 0. The van der Waals surface area contributed by atoms with Crippen LogP contribution in [0.25, 0.3) is 0 Å². The van der Waals surface area contributed by atoms with E-state index in [-0.39, 0.29) is 10.5 Å². The molecule has 1 rings (SSSR count). The number of rotatable bonds is 2. The summed E-state index contributed by atoms with van der Waals surface area (Å²) in [6, 6.07) is 6.85. The fraction of sp³-hybridized carbons (Fsp3) is 0.300. The van der Waals surface area contributed by atoms with Crippen LogP contribution in [0.5, 0.6) is 0 Å². The first-order valence-electron chi connectivity index (χ1n) is 4.22. The number of hydrogen-bond donors (Lipinski definition) is 0. The molecule has 0 bridgehead atoms. The molecule has 4 heteroatoms. The average Bonchev–Trinajstić information content (AvgIpc) is 2.15. The summed E-state index contributed by atoms with van der Waals surface area (Å²) in [5, 5.41) is 8.79. The average molecular weight is 209 g/mol. The molecule has 0 unspecified atom stereocenters. The Morgan fingerprint density at radius 2 is 2.07 bits per heavy atom. The molecule has 0 spiro atoms. The predicted octanol–water partition coefficient (Wildman–Crippen LogP) is 1.52. The van der Waals surface area contributed by atoms with Crippen molar-refractivity contribution in [1.29, 1.82) is 5.26 Å². The van der Waals surface area contributed by atoms with Crippen LogP contribution in [-0.4, -0.2) is 14.7 Å². The van der Waals surface area contributed by atoms with Gasteiger partial charge in [0, 0.05) is 6.26 Å². The third-order valence-electron chi connectivity index (χ3n) is 1.97. The van der Waals surface area contributed by atoms with Crippen LogP contribution in [0, 0.1) is 11.3 Å². The molecule has 14 heavy (non-hydrogen) atoms. The summed E-state index contributed by atoms with van der Waals surface area (Å²) in [4.78, 5) is 0.171. The Balaban J connectivity index is 3.61. The Labute approximate surface area is 83.9 Å². The maximum absolute atomic E-state index is 11.4. The van der Waals surface area contributed by atoms with E-state index in [4.69, 9.17) is 5.26 Å². The highest BCUT2D eigenvalue weighted by molar-refractivity contribution is 7.90. The van der Waals surface area contributed by atoms with E-state index in [0.29, 0.717) is 12.0 Å². The zero-order valence-electron chi connectivity index (χ0n) is 8.11. The summed E-state index contributed by atoms with van der Waals surface area (Å²) < 4.78 is 22.9. The van der Waals surface area contributed by atoms with Gasteiger partial charge in [-0.2, -0.15) is 5.26 Å². The van der Waals surface area contributed by atoms with Gasteiger partial charge in [0.05, 0.1) is 10.5 Å². The van der Waals surface area contributed by atoms with Crippen LogP contribution >= 0.6 is 0 Å². The molecule has 1 aromatic rings. The SMILES string of the molecule is CCc1cccc(C#N)c1S(C)(=O)=O. The smallest absolute Gasteiger partial charge is 0.177 e. The van der Waals surface area contributed by atoms with E-state index in [0.717, 1.165) is 6.26 Å². The minimum atomic E-state index is -3.31. The molecule has 0 radical (unpaired) electrons. The molecule has 0 aromatic heterocycles. The molecule has 0 saturated carbocycles. The lowest BCUT2D eigenvalue weighted by Crippen LogP contribution is -2.04. The van der Waals surface area contributed by atoms with Crippen LogP contribution < -0.4 is 0 Å². The highest BCUT2D eigenvalue weighted by atomic mass is 32.2. The molecule has 0 aliphatic carbocycles. The molecule has 0 atom stereocenters. The predicted molar refractivity (Wildman–Crippen MR) is 53.6 cm³/mol. The van der Waals surface area contributed by atoms with Crippen molar-refractivity contribution in [2.24, 2.45) is 0 Å². The Hall–Kier alpha value is -1.34. The molecule has 0 fully saturated rings. The maximum Gasteiger partial charge on any atom is 0.177 e. The third-order valence-corrected chi connectivity index (χ3v) is 3.19. The summed E-state index contributed by atoms with van der Waals surface area (Å²) in [6.45, 7) is 1.87. The highest BCUT2D eigenvalue weighted by Gasteiger charge is 2.16. The number of benzene rings is 1. The summed E-state index contributed by atoms with van der Waals surface area (Å²) in [7, 11) is -3.31. The first kappa shape index (κ1) is 10.7. The van der Waals surface area contributed by atoms with Crippen molar-refractivity contribution in [3.05, 3.63) is 29.3 Å². The second kappa shape index (κ2) is 3.81. The molecule has 1 aromatic carbocycles. The second-order valence-corrected chi connectivity index (χ2v) is 4.98. The Kier molecular flexibility index (Phi) is 2.92. The summed E-state index contributed by atoms with van der Waals surface area (Å²) in [5.41, 5.74) is 0.929. The van der Waals surface area contributed by atoms with E-state index < -0.39 is 9.84 Å². The first-order valence-corrected chi connectivity index (χ1v) is 6.12. The first-order chi connectivity index (χ1) is 6.50. The van der Waals surface area contributed by atoms with Gasteiger partial charge in [-0.25, -0.2) is 8.42 Å². The zero-order chi connectivity index (χ0) is 10.8. The number of sulfone groups is 1. The fourth-order valence-electron chi connectivity index (χ4n) is 1.39. The quantitative estimate of drug-likeness (QED) is 0.742. The molecule has 0 N–H and O–H groups in total. The van der Waals surface area contributed by atoms with E-state index >= 15 is 0 Å². The van der Waals surface area contributed by atoms with Gasteiger partial charge in [0.1, 0.15) is 6.07 Å². The van der Waals surface area contributed by atoms with E-state index in [1.807, 2.05) is 13.0 Å². The van der Waals surface area contributed by atoms with E-state index in [2.05, 4.69) is 0 Å². The third kappa shape index (κ3) is 1.94. The molecule has 3 nitrogen and oxygen atoms in total. The lowest BCUT2D eigenvalue weighted by atomic mass is 10.1. The van der Waals surface area contributed by atoms with E-state index in [1.54, 1.807) is 12.1 Å². The molecule has 0 heterocycles. The van der Waals surface area contributed by atoms with Gasteiger partial charge in [0.2, 0.25) is 0 Å². The van der Waals surface area contributed by atoms with Gasteiger partial charge in [0.15, 0.2) is 9.84 Å². The number of nitriles is 1. The van der Waals surface area contributed by atoms with Gasteiger partial charge >= 0.3 is 0 Å². The van der Waals surface area contributed by atoms with Crippen LogP contribution in [0.1, 0.15) is 18.1 Å². The lowest BCUT2D eigenvalue weighted by Gasteiger charge is -2.06. The van der Waals surface area contributed by atoms with Gasteiger partial charge in [-0.15, -0.1) is 0 Å². The van der Waals surface area contributed by atoms with Crippen LogP contribution in [0.3, 0.4) is 0 Å². The van der Waals surface area contributed by atoms with Gasteiger partial charge < -0.3 is 0 Å². The molecule has 74 valence electrons. The molecule has 0 aliphatic heterocycles. The maximum atomic E-state index is 11.4. The van der Waals surface area contributed by atoms with Crippen LogP contribution in [0.2, 0.25) is 0 Å². The van der Waals surface area contributed by atoms with Gasteiger partial charge in [-0.3, -0.25) is 0 Å². The van der Waals surface area contributed by atoms with Crippen molar-refractivity contribution >= 4 is 9.84 Å². The Bertz CT molecular complexity index is 483. The van der Waals surface area contributed by atoms with Crippen molar-refractivity contribution < 1.29 is 8.42 Å². The summed E-state index contributed by atoms with van der Waals surface area (Å²) in [6.07, 6.45) is 1.74. The van der Waals surface area contributed by atoms with Crippen LogP contribution in [0.15, 0.2) is 23.1 Å². The number of nitrogens with zero attached hydrogens (tertiary/aromatic N) is 1. The molecule has 0 saturated heterocycles. The van der Waals surface area contributed by atoms with Crippen molar-refractivity contribution in [2.45, 2.75) is 18.2 Å². The molecule has 0 amide bonds. The Morgan fingerprint density at radius 1 is 1.43 bits per heavy atom. The van der Waals surface area contributed by atoms with Crippen molar-refractivity contribution in [3.63, 3.8) is 0 Å². The normalized spacial score (nSPS) is 10.9. The second-order valence-electron chi connectivity index (χ2n) is 3.03. The van der Waals surface area contributed by atoms with Crippen molar-refractivity contribution in [1.82, 2.24) is 0 Å². The van der Waals surface area contributed by atoms with Crippen LogP contribution in [-0.2, 0) is 16.3 Å². The molecular weight excluding hydrogens is 198 g/mol. The molecule has 0 aliphatic rings. The minimum absolute atomic E-state index is 0.171. The topological polar surface area (TPSA) is 57.9 Å². The number of hydrogen-bond acceptors (Lipinski definition) is 3.